The quantitative estimate of drug-likeness (QED) is 0.205. The maximum absolute atomic E-state index is 4.89. The Hall–Kier alpha value is -4.84. The molecule has 0 N–H and O–H groups in total. The number of aromatic nitrogens is 2. The Labute approximate surface area is 270 Å². The first-order valence-corrected chi connectivity index (χ1v) is 16.8. The second-order valence-electron chi connectivity index (χ2n) is 14.0. The molecule has 5 aromatic rings. The van der Waals surface area contributed by atoms with Gasteiger partial charge in [0, 0.05) is 35.4 Å². The zero-order chi connectivity index (χ0) is 30.7. The fourth-order valence-corrected chi connectivity index (χ4v) is 10.5. The summed E-state index contributed by atoms with van der Waals surface area (Å²) in [5.74, 6) is 2.50. The van der Waals surface area contributed by atoms with Gasteiger partial charge in [-0.15, -0.1) is 0 Å². The molecule has 0 saturated heterocycles. The molecule has 0 spiro atoms. The average molecular weight is 603 g/mol. The highest BCUT2D eigenvalue weighted by molar-refractivity contribution is 5.90. The standard InChI is InChI=1S/C40H38N6/c1-4-40-30(28-20-26-18-19-33(29(28)21-26)46-36-23-41-24-42-37(36)43(3)39(40)46)22-31(40)38-44(27-13-6-5-7-14-27)34-16-10-11-17-35(34)45(38)32-15-9-8-12-25(32)2/h5-19,21,23-24,28,30-31,38-39H,4,20,22H2,1-3H3. The molecule has 6 nitrogen and oxygen atoms in total. The minimum atomic E-state index is -0.0116. The lowest BCUT2D eigenvalue weighted by molar-refractivity contribution is -0.0974. The molecule has 4 aromatic carbocycles. The number of benzene rings is 4. The molecule has 0 radical (unpaired) electrons. The molecular weight excluding hydrogens is 564 g/mol. The Morgan fingerprint density at radius 2 is 1.50 bits per heavy atom. The lowest BCUT2D eigenvalue weighted by Crippen LogP contribution is -2.69. The minimum absolute atomic E-state index is 0.0116. The van der Waals surface area contributed by atoms with Crippen LogP contribution in [0.3, 0.4) is 0 Å². The van der Waals surface area contributed by atoms with Crippen molar-refractivity contribution in [3.8, 4) is 0 Å². The van der Waals surface area contributed by atoms with Gasteiger partial charge in [-0.05, 0) is 91.1 Å². The van der Waals surface area contributed by atoms with E-state index < -0.39 is 0 Å². The average Bonchev–Trinajstić information content (AvgIpc) is 3.68. The van der Waals surface area contributed by atoms with E-state index in [2.05, 4.69) is 143 Å². The third-order valence-electron chi connectivity index (χ3n) is 12.3. The van der Waals surface area contributed by atoms with E-state index in [-0.39, 0.29) is 17.7 Å². The van der Waals surface area contributed by atoms with E-state index in [0.29, 0.717) is 17.8 Å². The van der Waals surface area contributed by atoms with Gasteiger partial charge in [0.1, 0.15) is 24.3 Å². The van der Waals surface area contributed by atoms with Gasteiger partial charge < -0.3 is 19.6 Å². The van der Waals surface area contributed by atoms with Crippen molar-refractivity contribution in [1.82, 2.24) is 9.97 Å². The van der Waals surface area contributed by atoms with Gasteiger partial charge in [-0.2, -0.15) is 0 Å². The number of hydrogen-bond donors (Lipinski definition) is 0. The molecule has 6 unspecified atom stereocenters. The molecule has 4 heterocycles. The predicted molar refractivity (Wildman–Crippen MR) is 186 cm³/mol. The van der Waals surface area contributed by atoms with Gasteiger partial charge >= 0.3 is 0 Å². The Bertz CT molecular complexity index is 2010. The lowest BCUT2D eigenvalue weighted by atomic mass is 9.45. The highest BCUT2D eigenvalue weighted by Crippen LogP contribution is 2.72. The SMILES string of the molecule is CCC12C(CC1C1N(c3ccccc3)c3ccccc3N1c1ccccc1C)C1Cc3ccc(c1c3)N1c3cncnc3N(C)C12. The van der Waals surface area contributed by atoms with Crippen LogP contribution in [0.25, 0.3) is 0 Å². The van der Waals surface area contributed by atoms with Crippen LogP contribution >= 0.6 is 0 Å². The van der Waals surface area contributed by atoms with E-state index in [9.17, 15) is 0 Å². The third-order valence-corrected chi connectivity index (χ3v) is 12.3. The number of hydrogen-bond acceptors (Lipinski definition) is 6. The van der Waals surface area contributed by atoms with Crippen molar-refractivity contribution >= 4 is 39.9 Å². The van der Waals surface area contributed by atoms with Crippen molar-refractivity contribution in [1.29, 1.82) is 0 Å². The van der Waals surface area contributed by atoms with Crippen molar-refractivity contribution in [3.63, 3.8) is 0 Å². The van der Waals surface area contributed by atoms with E-state index in [4.69, 9.17) is 4.98 Å². The molecule has 46 heavy (non-hydrogen) atoms. The van der Waals surface area contributed by atoms with Gasteiger partial charge in [0.25, 0.3) is 0 Å². The summed E-state index contributed by atoms with van der Waals surface area (Å²) in [6.45, 7) is 4.72. The summed E-state index contributed by atoms with van der Waals surface area (Å²) < 4.78 is 0. The molecule has 228 valence electrons. The van der Waals surface area contributed by atoms with Crippen LogP contribution in [-0.2, 0) is 6.42 Å². The number of nitrogens with zero attached hydrogens (tertiary/aromatic N) is 6. The summed E-state index contributed by atoms with van der Waals surface area (Å²) in [5, 5.41) is 0. The lowest BCUT2D eigenvalue weighted by Gasteiger charge is -2.65. The third kappa shape index (κ3) is 3.17. The fourth-order valence-electron chi connectivity index (χ4n) is 10.5. The number of anilines is 7. The zero-order valence-electron chi connectivity index (χ0n) is 26.6. The van der Waals surface area contributed by atoms with Gasteiger partial charge in [-0.25, -0.2) is 9.97 Å². The molecule has 2 aliphatic carbocycles. The van der Waals surface area contributed by atoms with Crippen LogP contribution in [0.1, 0.15) is 42.4 Å². The van der Waals surface area contributed by atoms with Crippen LogP contribution in [-0.4, -0.2) is 29.3 Å². The fraction of sp³-hybridized carbons (Fsp3) is 0.300. The number of aryl methyl sites for hydroxylation is 1. The Balaban J connectivity index is 1.22. The monoisotopic (exact) mass is 602 g/mol. The first kappa shape index (κ1) is 26.4. The van der Waals surface area contributed by atoms with Gasteiger partial charge in [0.2, 0.25) is 0 Å². The summed E-state index contributed by atoms with van der Waals surface area (Å²) in [5.41, 5.74) is 11.9. The Morgan fingerprint density at radius 1 is 0.761 bits per heavy atom. The molecular formula is C40H38N6. The largest absolute Gasteiger partial charge is 0.337 e. The second kappa shape index (κ2) is 9.35. The maximum Gasteiger partial charge on any atom is 0.157 e. The van der Waals surface area contributed by atoms with E-state index in [1.807, 2.05) is 6.20 Å². The normalized spacial score (nSPS) is 27.9. The van der Waals surface area contributed by atoms with E-state index >= 15 is 0 Å². The van der Waals surface area contributed by atoms with Crippen LogP contribution < -0.4 is 19.6 Å². The maximum atomic E-state index is 4.89. The molecule has 5 aliphatic rings. The van der Waals surface area contributed by atoms with Crippen molar-refractivity contribution in [2.45, 2.75) is 51.4 Å². The molecule has 3 aliphatic heterocycles. The van der Waals surface area contributed by atoms with E-state index in [0.717, 1.165) is 24.3 Å². The van der Waals surface area contributed by atoms with Crippen LogP contribution in [0.5, 0.6) is 0 Å². The number of rotatable bonds is 4. The summed E-state index contributed by atoms with van der Waals surface area (Å²) in [6, 6.07) is 36.3. The second-order valence-corrected chi connectivity index (χ2v) is 14.0. The summed E-state index contributed by atoms with van der Waals surface area (Å²) >= 11 is 0. The van der Waals surface area contributed by atoms with Crippen LogP contribution in [0.2, 0.25) is 0 Å². The zero-order valence-corrected chi connectivity index (χ0v) is 26.6. The van der Waals surface area contributed by atoms with Crippen LogP contribution in [0, 0.1) is 24.2 Å². The highest BCUT2D eigenvalue weighted by Gasteiger charge is 2.70. The smallest absolute Gasteiger partial charge is 0.157 e. The number of para-hydroxylation sites is 4. The molecule has 1 aromatic heterocycles. The van der Waals surface area contributed by atoms with Crippen LogP contribution in [0.4, 0.5) is 39.9 Å². The molecule has 0 amide bonds. The predicted octanol–water partition coefficient (Wildman–Crippen LogP) is 8.70. The first-order valence-electron chi connectivity index (χ1n) is 16.8. The summed E-state index contributed by atoms with van der Waals surface area (Å²) in [7, 11) is 2.28. The van der Waals surface area contributed by atoms with Crippen LogP contribution in [0.15, 0.2) is 110 Å². The summed E-state index contributed by atoms with van der Waals surface area (Å²) in [6.07, 6.45) is 7.42. The molecule has 6 atom stereocenters. The Kier molecular flexibility index (Phi) is 5.36. The van der Waals surface area contributed by atoms with E-state index in [1.54, 1.807) is 6.33 Å². The van der Waals surface area contributed by atoms with Gasteiger partial charge in [-0.1, -0.05) is 67.6 Å². The molecule has 1 fully saturated rings. The van der Waals surface area contributed by atoms with Crippen molar-refractivity contribution < 1.29 is 0 Å². The summed E-state index contributed by atoms with van der Waals surface area (Å²) in [4.78, 5) is 19.9. The topological polar surface area (TPSA) is 38.7 Å². The van der Waals surface area contributed by atoms with Crippen molar-refractivity contribution in [2.24, 2.45) is 17.3 Å². The van der Waals surface area contributed by atoms with Crippen molar-refractivity contribution in [3.05, 3.63) is 126 Å². The van der Waals surface area contributed by atoms with Gasteiger partial charge in [0.05, 0.1) is 17.6 Å². The van der Waals surface area contributed by atoms with Gasteiger partial charge in [0.15, 0.2) is 5.82 Å². The molecule has 2 bridgehead atoms. The highest BCUT2D eigenvalue weighted by atomic mass is 15.5. The molecule has 10 rings (SSSR count). The Morgan fingerprint density at radius 3 is 2.28 bits per heavy atom. The van der Waals surface area contributed by atoms with Crippen molar-refractivity contribution in [2.75, 3.05) is 26.6 Å². The first-order chi connectivity index (χ1) is 22.6. The number of fused-ring (bicyclic) bond motifs is 9. The molecule has 6 heteroatoms. The molecule has 1 saturated carbocycles. The van der Waals surface area contributed by atoms with E-state index in [1.165, 1.54) is 51.5 Å². The minimum Gasteiger partial charge on any atom is -0.337 e. The van der Waals surface area contributed by atoms with Gasteiger partial charge in [-0.3, -0.25) is 0 Å².